The maximum Gasteiger partial charge on any atom is 0.352 e. The molecule has 0 fully saturated rings. The summed E-state index contributed by atoms with van der Waals surface area (Å²) in [4.78, 5) is 18.8. The Kier molecular flexibility index (Phi) is 4.64. The molecular weight excluding hydrogens is 323 g/mol. The van der Waals surface area contributed by atoms with E-state index in [-0.39, 0.29) is 0 Å². The predicted octanol–water partition coefficient (Wildman–Crippen LogP) is 3.91. The van der Waals surface area contributed by atoms with Crippen LogP contribution in [0.25, 0.3) is 0 Å². The Labute approximate surface area is 124 Å². The van der Waals surface area contributed by atoms with E-state index in [4.69, 9.17) is 11.6 Å². The van der Waals surface area contributed by atoms with Gasteiger partial charge in [0.2, 0.25) is 0 Å². The van der Waals surface area contributed by atoms with E-state index in [9.17, 15) is 23.1 Å². The van der Waals surface area contributed by atoms with Gasteiger partial charge in [0.15, 0.2) is 5.78 Å². The van der Waals surface area contributed by atoms with Crippen LogP contribution in [0.5, 0.6) is 0 Å². The summed E-state index contributed by atoms with van der Waals surface area (Å²) in [7, 11) is -4.76. The highest BCUT2D eigenvalue weighted by Gasteiger charge is 2.33. The minimum Gasteiger partial charge on any atom is -0.368 e. The quantitative estimate of drug-likeness (QED) is 0.586. The first-order valence-corrected chi connectivity index (χ1v) is 7.86. The highest BCUT2D eigenvalue weighted by atomic mass is 35.5. The third-order valence-electron chi connectivity index (χ3n) is 2.75. The number of nitrogens with one attached hydrogen (secondary N) is 1. The van der Waals surface area contributed by atoms with Gasteiger partial charge in [0.05, 0.1) is 5.02 Å². The van der Waals surface area contributed by atoms with Crippen molar-refractivity contribution < 1.29 is 23.1 Å². The standard InChI is InChI=1S/C13H11ClF2NO3P/c14-10-6-9(11(15)7-12(10)16)13(21(18,19)20)17-8-4-2-1-3-5-8/h1-7,13,17H,(H2,18,19,20). The molecule has 0 aliphatic carbocycles. The van der Waals surface area contributed by atoms with Crippen molar-refractivity contribution in [3.05, 3.63) is 64.7 Å². The molecule has 0 aliphatic rings. The lowest BCUT2D eigenvalue weighted by Crippen LogP contribution is -2.13. The van der Waals surface area contributed by atoms with Crippen LogP contribution in [0.15, 0.2) is 42.5 Å². The molecule has 1 atom stereocenters. The van der Waals surface area contributed by atoms with E-state index in [1.807, 2.05) is 0 Å². The fraction of sp³-hybridized carbons (Fsp3) is 0.0769. The predicted molar refractivity (Wildman–Crippen MR) is 76.2 cm³/mol. The van der Waals surface area contributed by atoms with Gasteiger partial charge in [-0.2, -0.15) is 0 Å². The Morgan fingerprint density at radius 1 is 1.10 bits per heavy atom. The summed E-state index contributed by atoms with van der Waals surface area (Å²) in [5, 5.41) is 2.12. The van der Waals surface area contributed by atoms with Gasteiger partial charge in [-0.1, -0.05) is 29.8 Å². The number of para-hydroxylation sites is 1. The molecule has 2 rings (SSSR count). The maximum absolute atomic E-state index is 13.8. The molecule has 8 heteroatoms. The Morgan fingerprint density at radius 2 is 1.71 bits per heavy atom. The fourth-order valence-electron chi connectivity index (χ4n) is 1.78. The van der Waals surface area contributed by atoms with Crippen molar-refractivity contribution in [1.29, 1.82) is 0 Å². The molecule has 0 saturated heterocycles. The summed E-state index contributed by atoms with van der Waals surface area (Å²) in [5.74, 6) is -3.76. The first kappa shape index (κ1) is 15.9. The van der Waals surface area contributed by atoms with Gasteiger partial charge in [-0.25, -0.2) is 8.78 Å². The Morgan fingerprint density at radius 3 is 2.29 bits per heavy atom. The number of rotatable bonds is 4. The van der Waals surface area contributed by atoms with Gasteiger partial charge in [-0.3, -0.25) is 4.57 Å². The van der Waals surface area contributed by atoms with Crippen LogP contribution in [0.2, 0.25) is 5.02 Å². The van der Waals surface area contributed by atoms with E-state index in [1.54, 1.807) is 30.3 Å². The summed E-state index contributed by atoms with van der Waals surface area (Å²) >= 11 is 5.56. The van der Waals surface area contributed by atoms with E-state index < -0.39 is 35.6 Å². The average Bonchev–Trinajstić information content (AvgIpc) is 2.41. The highest BCUT2D eigenvalue weighted by molar-refractivity contribution is 7.52. The number of benzene rings is 2. The molecule has 2 aromatic rings. The molecule has 112 valence electrons. The number of hydrogen-bond donors (Lipinski definition) is 3. The third-order valence-corrected chi connectivity index (χ3v) is 4.12. The lowest BCUT2D eigenvalue weighted by Gasteiger charge is -2.22. The highest BCUT2D eigenvalue weighted by Crippen LogP contribution is 2.52. The zero-order chi connectivity index (χ0) is 15.6. The van der Waals surface area contributed by atoms with Crippen LogP contribution in [0.4, 0.5) is 14.5 Å². The largest absolute Gasteiger partial charge is 0.368 e. The summed E-state index contributed by atoms with van der Waals surface area (Å²) in [6.07, 6.45) is 0. The minimum atomic E-state index is -4.76. The lowest BCUT2D eigenvalue weighted by molar-refractivity contribution is 0.361. The van der Waals surface area contributed by atoms with Crippen molar-refractivity contribution >= 4 is 24.9 Å². The first-order valence-electron chi connectivity index (χ1n) is 5.80. The molecule has 0 bridgehead atoms. The molecular formula is C13H11ClF2NO3P. The molecule has 2 aromatic carbocycles. The van der Waals surface area contributed by atoms with Gasteiger partial charge in [-0.05, 0) is 18.2 Å². The Balaban J connectivity index is 2.47. The van der Waals surface area contributed by atoms with E-state index in [0.29, 0.717) is 11.8 Å². The van der Waals surface area contributed by atoms with Crippen molar-refractivity contribution in [1.82, 2.24) is 0 Å². The summed E-state index contributed by atoms with van der Waals surface area (Å²) in [6.45, 7) is 0. The molecule has 21 heavy (non-hydrogen) atoms. The summed E-state index contributed by atoms with van der Waals surface area (Å²) < 4.78 is 38.6. The molecule has 1 unspecified atom stereocenters. The van der Waals surface area contributed by atoms with Crippen molar-refractivity contribution in [2.75, 3.05) is 5.32 Å². The minimum absolute atomic E-state index is 0.380. The van der Waals surface area contributed by atoms with Gasteiger partial charge < -0.3 is 15.1 Å². The second-order valence-electron chi connectivity index (χ2n) is 4.29. The first-order chi connectivity index (χ1) is 9.79. The smallest absolute Gasteiger partial charge is 0.352 e. The SMILES string of the molecule is O=P(O)(O)C(Nc1ccccc1)c1cc(Cl)c(F)cc1F. The number of hydrogen-bond acceptors (Lipinski definition) is 2. The molecule has 0 spiro atoms. The molecule has 4 nitrogen and oxygen atoms in total. The number of anilines is 1. The van der Waals surface area contributed by atoms with Crippen LogP contribution in [0.3, 0.4) is 0 Å². The van der Waals surface area contributed by atoms with E-state index in [1.165, 1.54) is 0 Å². The fourth-order valence-corrected chi connectivity index (χ4v) is 2.83. The second kappa shape index (κ2) is 6.12. The molecule has 0 radical (unpaired) electrons. The van der Waals surface area contributed by atoms with Gasteiger partial charge in [0.25, 0.3) is 0 Å². The van der Waals surface area contributed by atoms with Gasteiger partial charge in [-0.15, -0.1) is 0 Å². The maximum atomic E-state index is 13.8. The summed E-state index contributed by atoms with van der Waals surface area (Å²) in [6, 6.07) is 9.49. The zero-order valence-electron chi connectivity index (χ0n) is 10.5. The lowest BCUT2D eigenvalue weighted by atomic mass is 10.2. The monoisotopic (exact) mass is 333 g/mol. The van der Waals surface area contributed by atoms with Crippen LogP contribution in [0.1, 0.15) is 11.3 Å². The van der Waals surface area contributed by atoms with Crippen molar-refractivity contribution in [3.63, 3.8) is 0 Å². The second-order valence-corrected chi connectivity index (χ2v) is 6.39. The molecule has 3 N–H and O–H groups in total. The van der Waals surface area contributed by atoms with Crippen LogP contribution in [-0.4, -0.2) is 9.79 Å². The number of halogens is 3. The van der Waals surface area contributed by atoms with Crippen LogP contribution >= 0.6 is 19.2 Å². The van der Waals surface area contributed by atoms with E-state index in [0.717, 1.165) is 6.07 Å². The molecule has 0 amide bonds. The van der Waals surface area contributed by atoms with Crippen LogP contribution < -0.4 is 5.32 Å². The van der Waals surface area contributed by atoms with Crippen LogP contribution in [0, 0.1) is 11.6 Å². The van der Waals surface area contributed by atoms with E-state index in [2.05, 4.69) is 5.32 Å². The Hall–Kier alpha value is -1.46. The normalized spacial score (nSPS) is 13.0. The van der Waals surface area contributed by atoms with Crippen molar-refractivity contribution in [2.24, 2.45) is 0 Å². The van der Waals surface area contributed by atoms with Gasteiger partial charge >= 0.3 is 7.60 Å². The average molecular weight is 334 g/mol. The van der Waals surface area contributed by atoms with Crippen LogP contribution in [-0.2, 0) is 4.57 Å². The molecule has 0 saturated carbocycles. The third kappa shape index (κ3) is 3.80. The Bertz CT molecular complexity index is 693. The van der Waals surface area contributed by atoms with Gasteiger partial charge in [0, 0.05) is 17.3 Å². The molecule has 0 aliphatic heterocycles. The van der Waals surface area contributed by atoms with Crippen molar-refractivity contribution in [3.8, 4) is 0 Å². The van der Waals surface area contributed by atoms with E-state index >= 15 is 0 Å². The van der Waals surface area contributed by atoms with Crippen molar-refractivity contribution in [2.45, 2.75) is 5.78 Å². The molecule has 0 aromatic heterocycles. The summed E-state index contributed by atoms with van der Waals surface area (Å²) in [5.41, 5.74) is -0.0238. The molecule has 0 heterocycles. The topological polar surface area (TPSA) is 69.6 Å². The zero-order valence-corrected chi connectivity index (χ0v) is 12.2. The van der Waals surface area contributed by atoms with Gasteiger partial charge in [0.1, 0.15) is 11.6 Å².